The van der Waals surface area contributed by atoms with Crippen molar-refractivity contribution in [3.05, 3.63) is 35.9 Å². The fourth-order valence-corrected chi connectivity index (χ4v) is 3.76. The first kappa shape index (κ1) is 17.7. The van der Waals surface area contributed by atoms with Crippen molar-refractivity contribution >= 4 is 23.8 Å². The normalized spacial score (nSPS) is 18.9. The second-order valence-corrected chi connectivity index (χ2v) is 7.00. The van der Waals surface area contributed by atoms with Crippen molar-refractivity contribution in [3.63, 3.8) is 0 Å². The van der Waals surface area contributed by atoms with Gasteiger partial charge >= 0.3 is 12.0 Å². The Morgan fingerprint density at radius 3 is 2.74 bits per heavy atom. The molecule has 0 radical (unpaired) electrons. The third-order valence-corrected chi connectivity index (χ3v) is 5.08. The molecule has 1 aromatic carbocycles. The Bertz CT molecular complexity index is 504. The maximum absolute atomic E-state index is 12.2. The Kier molecular flexibility index (Phi) is 7.26. The first-order valence-electron chi connectivity index (χ1n) is 8.04. The summed E-state index contributed by atoms with van der Waals surface area (Å²) in [5.74, 6) is 1.27. The first-order valence-corrected chi connectivity index (χ1v) is 9.19. The Morgan fingerprint density at radius 1 is 1.30 bits per heavy atom. The highest BCUT2D eigenvalue weighted by Gasteiger charge is 2.19. The van der Waals surface area contributed by atoms with Crippen molar-refractivity contribution in [3.8, 4) is 0 Å². The van der Waals surface area contributed by atoms with Crippen LogP contribution in [-0.2, 0) is 11.2 Å². The number of nitrogens with one attached hydrogen (secondary N) is 2. The molecule has 1 heterocycles. The van der Waals surface area contributed by atoms with E-state index in [0.29, 0.717) is 12.8 Å². The van der Waals surface area contributed by atoms with E-state index >= 15 is 0 Å². The molecule has 23 heavy (non-hydrogen) atoms. The molecule has 0 spiro atoms. The third-order valence-electron chi connectivity index (χ3n) is 3.86. The molecule has 6 heteroatoms. The van der Waals surface area contributed by atoms with Crippen LogP contribution in [0.4, 0.5) is 4.79 Å². The highest BCUT2D eigenvalue weighted by Crippen LogP contribution is 2.16. The minimum Gasteiger partial charge on any atom is -0.481 e. The average Bonchev–Trinajstić information content (AvgIpc) is 2.54. The lowest BCUT2D eigenvalue weighted by atomic mass is 10.0. The molecule has 2 amide bonds. The smallest absolute Gasteiger partial charge is 0.315 e. The number of carbonyl (C=O) groups excluding carboxylic acids is 1. The van der Waals surface area contributed by atoms with E-state index in [4.69, 9.17) is 5.11 Å². The Hall–Kier alpha value is -1.69. The van der Waals surface area contributed by atoms with Gasteiger partial charge in [-0.1, -0.05) is 30.3 Å². The van der Waals surface area contributed by atoms with Crippen molar-refractivity contribution in [2.24, 2.45) is 0 Å². The van der Waals surface area contributed by atoms with E-state index in [1.807, 2.05) is 42.1 Å². The number of carboxylic acids is 1. The second kappa shape index (κ2) is 9.45. The largest absolute Gasteiger partial charge is 0.481 e. The van der Waals surface area contributed by atoms with Gasteiger partial charge in [0.2, 0.25) is 0 Å². The Labute approximate surface area is 141 Å². The summed E-state index contributed by atoms with van der Waals surface area (Å²) in [4.78, 5) is 23.0. The van der Waals surface area contributed by atoms with Crippen molar-refractivity contribution in [1.82, 2.24) is 10.6 Å². The quantitative estimate of drug-likeness (QED) is 0.715. The lowest BCUT2D eigenvalue weighted by Crippen LogP contribution is -2.48. The molecule has 0 bridgehead atoms. The summed E-state index contributed by atoms with van der Waals surface area (Å²) in [6, 6.07) is 9.66. The van der Waals surface area contributed by atoms with Gasteiger partial charge in [-0.15, -0.1) is 0 Å². The summed E-state index contributed by atoms with van der Waals surface area (Å²) in [5, 5.41) is 14.8. The summed E-state index contributed by atoms with van der Waals surface area (Å²) in [7, 11) is 0. The van der Waals surface area contributed by atoms with Gasteiger partial charge in [0.25, 0.3) is 0 Å². The standard InChI is InChI=1S/C17H24N2O3S/c20-16(21)9-8-14(11-13-5-2-1-3-6-13)18-17(22)19-15-7-4-10-23-12-15/h1-3,5-6,14-15H,4,7-12H2,(H,20,21)(H2,18,19,22). The second-order valence-electron chi connectivity index (χ2n) is 5.85. The van der Waals surface area contributed by atoms with Gasteiger partial charge in [-0.25, -0.2) is 4.79 Å². The van der Waals surface area contributed by atoms with Crippen LogP contribution >= 0.6 is 11.8 Å². The van der Waals surface area contributed by atoms with E-state index in [-0.39, 0.29) is 24.5 Å². The highest BCUT2D eigenvalue weighted by atomic mass is 32.2. The Balaban J connectivity index is 1.87. The summed E-state index contributed by atoms with van der Waals surface area (Å²) in [6.45, 7) is 0. The van der Waals surface area contributed by atoms with Crippen molar-refractivity contribution in [2.45, 2.75) is 44.2 Å². The zero-order valence-electron chi connectivity index (χ0n) is 13.2. The highest BCUT2D eigenvalue weighted by molar-refractivity contribution is 7.99. The minimum atomic E-state index is -0.839. The fourth-order valence-electron chi connectivity index (χ4n) is 2.69. The number of urea groups is 1. The van der Waals surface area contributed by atoms with Gasteiger partial charge in [0.05, 0.1) is 0 Å². The zero-order chi connectivity index (χ0) is 16.5. The van der Waals surface area contributed by atoms with Crippen molar-refractivity contribution in [1.29, 1.82) is 0 Å². The van der Waals surface area contributed by atoms with E-state index in [0.717, 1.165) is 29.9 Å². The summed E-state index contributed by atoms with van der Waals surface area (Å²) in [6.07, 6.45) is 3.26. The molecular weight excluding hydrogens is 312 g/mol. The predicted octanol–water partition coefficient (Wildman–Crippen LogP) is 2.66. The monoisotopic (exact) mass is 336 g/mol. The van der Waals surface area contributed by atoms with Crippen LogP contribution in [0.2, 0.25) is 0 Å². The molecule has 126 valence electrons. The average molecular weight is 336 g/mol. The van der Waals surface area contributed by atoms with Gasteiger partial charge in [-0.05, 0) is 37.0 Å². The van der Waals surface area contributed by atoms with E-state index in [1.54, 1.807) is 0 Å². The number of thioether (sulfide) groups is 1. The molecule has 1 aromatic rings. The van der Waals surface area contributed by atoms with Crippen molar-refractivity contribution in [2.75, 3.05) is 11.5 Å². The van der Waals surface area contributed by atoms with Crippen LogP contribution in [-0.4, -0.2) is 40.7 Å². The van der Waals surface area contributed by atoms with Gasteiger partial charge in [-0.2, -0.15) is 11.8 Å². The lowest BCUT2D eigenvalue weighted by Gasteiger charge is -2.25. The maximum Gasteiger partial charge on any atom is 0.315 e. The van der Waals surface area contributed by atoms with Gasteiger partial charge in [0, 0.05) is 24.3 Å². The number of rotatable bonds is 7. The number of amides is 2. The van der Waals surface area contributed by atoms with Crippen LogP contribution in [0.5, 0.6) is 0 Å². The predicted molar refractivity (Wildman–Crippen MR) is 92.8 cm³/mol. The van der Waals surface area contributed by atoms with Crippen molar-refractivity contribution < 1.29 is 14.7 Å². The van der Waals surface area contributed by atoms with Gasteiger partial charge in [0.1, 0.15) is 0 Å². The summed E-state index contributed by atoms with van der Waals surface area (Å²) >= 11 is 1.86. The third kappa shape index (κ3) is 6.95. The summed E-state index contributed by atoms with van der Waals surface area (Å²) < 4.78 is 0. The topological polar surface area (TPSA) is 78.4 Å². The number of hydrogen-bond donors (Lipinski definition) is 3. The number of carbonyl (C=O) groups is 2. The molecule has 1 aliphatic rings. The molecular formula is C17H24N2O3S. The molecule has 1 fully saturated rings. The minimum absolute atomic E-state index is 0.0526. The number of benzene rings is 1. The van der Waals surface area contributed by atoms with Crippen LogP contribution in [0, 0.1) is 0 Å². The molecule has 1 aliphatic heterocycles. The molecule has 0 aliphatic carbocycles. The molecule has 3 N–H and O–H groups in total. The van der Waals surface area contributed by atoms with Gasteiger partial charge in [0.15, 0.2) is 0 Å². The molecule has 5 nitrogen and oxygen atoms in total. The van der Waals surface area contributed by atoms with E-state index in [9.17, 15) is 9.59 Å². The lowest BCUT2D eigenvalue weighted by molar-refractivity contribution is -0.137. The van der Waals surface area contributed by atoms with Gasteiger partial charge < -0.3 is 15.7 Å². The molecule has 0 aromatic heterocycles. The van der Waals surface area contributed by atoms with Crippen LogP contribution in [0.15, 0.2) is 30.3 Å². The van der Waals surface area contributed by atoms with Crippen LogP contribution in [0.25, 0.3) is 0 Å². The van der Waals surface area contributed by atoms with Crippen LogP contribution in [0.1, 0.15) is 31.2 Å². The summed E-state index contributed by atoms with van der Waals surface area (Å²) in [5.41, 5.74) is 1.09. The van der Waals surface area contributed by atoms with E-state index < -0.39 is 5.97 Å². The molecule has 2 atom stereocenters. The van der Waals surface area contributed by atoms with E-state index in [1.165, 1.54) is 0 Å². The van der Waals surface area contributed by atoms with E-state index in [2.05, 4.69) is 10.6 Å². The zero-order valence-corrected chi connectivity index (χ0v) is 14.0. The fraction of sp³-hybridized carbons (Fsp3) is 0.529. The molecule has 0 saturated carbocycles. The van der Waals surface area contributed by atoms with Crippen LogP contribution in [0.3, 0.4) is 0 Å². The SMILES string of the molecule is O=C(O)CCC(Cc1ccccc1)NC(=O)NC1CCCSC1. The number of aliphatic carboxylic acids is 1. The number of carboxylic acid groups (broad SMARTS) is 1. The van der Waals surface area contributed by atoms with Gasteiger partial charge in [-0.3, -0.25) is 4.79 Å². The molecule has 2 rings (SSSR count). The first-order chi connectivity index (χ1) is 11.1. The molecule has 1 saturated heterocycles. The maximum atomic E-state index is 12.2. The van der Waals surface area contributed by atoms with Crippen LogP contribution < -0.4 is 10.6 Å². The number of hydrogen-bond acceptors (Lipinski definition) is 3. The molecule has 2 unspecified atom stereocenters. The Morgan fingerprint density at radius 2 is 2.09 bits per heavy atom.